The first-order chi connectivity index (χ1) is 7.95. The summed E-state index contributed by atoms with van der Waals surface area (Å²) in [6.45, 7) is 0. The lowest BCUT2D eigenvalue weighted by Crippen LogP contribution is -2.20. The number of nitrogens with one attached hydrogen (secondary N) is 1. The van der Waals surface area contributed by atoms with E-state index in [1.807, 2.05) is 0 Å². The highest BCUT2D eigenvalue weighted by molar-refractivity contribution is 5.94. The smallest absolute Gasteiger partial charge is 0.454 e. The van der Waals surface area contributed by atoms with Crippen LogP contribution < -0.4 is 10.1 Å². The van der Waals surface area contributed by atoms with Crippen LogP contribution in [0.15, 0.2) is 36.5 Å². The molecule has 1 rings (SSSR count). The number of methoxy groups -OCH3 is 1. The fraction of sp³-hybridized carbons (Fsp3) is 0.182. The maximum Gasteiger partial charge on any atom is 0.454 e. The van der Waals surface area contributed by atoms with Gasteiger partial charge >= 0.3 is 6.18 Å². The van der Waals surface area contributed by atoms with E-state index in [4.69, 9.17) is 4.74 Å². The number of rotatable bonds is 4. The highest BCUT2D eigenvalue weighted by atomic mass is 19.4. The molecule has 0 atom stereocenters. The van der Waals surface area contributed by atoms with Gasteiger partial charge in [-0.1, -0.05) is 12.1 Å². The summed E-state index contributed by atoms with van der Waals surface area (Å²) in [5.41, 5.74) is 0.473. The monoisotopic (exact) mass is 245 g/mol. The van der Waals surface area contributed by atoms with Crippen LogP contribution >= 0.6 is 0 Å². The van der Waals surface area contributed by atoms with Gasteiger partial charge in [-0.15, -0.1) is 0 Å². The molecule has 3 nitrogen and oxygen atoms in total. The maximum atomic E-state index is 11.9. The van der Waals surface area contributed by atoms with Gasteiger partial charge in [0, 0.05) is 12.3 Å². The first-order valence-corrected chi connectivity index (χ1v) is 4.62. The van der Waals surface area contributed by atoms with Crippen molar-refractivity contribution in [2.24, 2.45) is 0 Å². The Morgan fingerprint density at radius 3 is 2.59 bits per heavy atom. The number of ether oxygens (including phenoxy) is 1. The van der Waals surface area contributed by atoms with E-state index in [0.29, 0.717) is 17.5 Å². The number of anilines is 1. The molecule has 0 saturated carbocycles. The lowest BCUT2D eigenvalue weighted by atomic mass is 10.3. The van der Waals surface area contributed by atoms with Crippen molar-refractivity contribution in [1.29, 1.82) is 0 Å². The Kier molecular flexibility index (Phi) is 4.14. The van der Waals surface area contributed by atoms with Gasteiger partial charge in [-0.2, -0.15) is 13.2 Å². The van der Waals surface area contributed by atoms with E-state index in [2.05, 4.69) is 5.32 Å². The SMILES string of the molecule is COc1ccccc1N/C=C/C(=O)C(F)(F)F. The number of carbonyl (C=O) groups excluding carboxylic acids is 1. The molecule has 6 heteroatoms. The van der Waals surface area contributed by atoms with Gasteiger partial charge in [-0.05, 0) is 12.1 Å². The predicted molar refractivity (Wildman–Crippen MR) is 56.8 cm³/mol. The van der Waals surface area contributed by atoms with Crippen LogP contribution in [0.2, 0.25) is 0 Å². The molecule has 1 N–H and O–H groups in total. The first kappa shape index (κ1) is 13.1. The Morgan fingerprint density at radius 1 is 1.35 bits per heavy atom. The number of para-hydroxylation sites is 2. The summed E-state index contributed by atoms with van der Waals surface area (Å²) < 4.78 is 40.6. The van der Waals surface area contributed by atoms with Crippen molar-refractivity contribution < 1.29 is 22.7 Å². The van der Waals surface area contributed by atoms with Crippen LogP contribution in [0.3, 0.4) is 0 Å². The van der Waals surface area contributed by atoms with Gasteiger partial charge in [0.2, 0.25) is 0 Å². The molecule has 0 unspecified atom stereocenters. The highest BCUT2D eigenvalue weighted by Crippen LogP contribution is 2.23. The van der Waals surface area contributed by atoms with Gasteiger partial charge < -0.3 is 10.1 Å². The quantitative estimate of drug-likeness (QED) is 0.829. The molecule has 0 saturated heterocycles. The second kappa shape index (κ2) is 5.38. The average molecular weight is 245 g/mol. The van der Waals surface area contributed by atoms with Crippen molar-refractivity contribution in [2.45, 2.75) is 6.18 Å². The number of hydrogen-bond donors (Lipinski definition) is 1. The number of alkyl halides is 3. The van der Waals surface area contributed by atoms with Crippen LogP contribution in [-0.4, -0.2) is 19.1 Å². The fourth-order valence-electron chi connectivity index (χ4n) is 1.07. The van der Waals surface area contributed by atoms with Crippen molar-refractivity contribution >= 4 is 11.5 Å². The Hall–Kier alpha value is -1.98. The van der Waals surface area contributed by atoms with Crippen molar-refractivity contribution in [1.82, 2.24) is 0 Å². The number of benzene rings is 1. The maximum absolute atomic E-state index is 11.9. The zero-order valence-electron chi connectivity index (χ0n) is 8.91. The second-order valence-electron chi connectivity index (χ2n) is 3.04. The van der Waals surface area contributed by atoms with Crippen molar-refractivity contribution in [3.05, 3.63) is 36.5 Å². The summed E-state index contributed by atoms with van der Waals surface area (Å²) in [5.74, 6) is -1.45. The van der Waals surface area contributed by atoms with Crippen molar-refractivity contribution in [3.63, 3.8) is 0 Å². The summed E-state index contributed by atoms with van der Waals surface area (Å²) in [6, 6.07) is 6.65. The van der Waals surface area contributed by atoms with Crippen LogP contribution in [0.4, 0.5) is 18.9 Å². The molecule has 0 aromatic heterocycles. The molecule has 0 fully saturated rings. The molecule has 0 amide bonds. The van der Waals surface area contributed by atoms with Crippen LogP contribution in [0, 0.1) is 0 Å². The van der Waals surface area contributed by atoms with E-state index in [1.54, 1.807) is 24.3 Å². The molecule has 0 spiro atoms. The van der Waals surface area contributed by atoms with Gasteiger partial charge in [0.25, 0.3) is 5.78 Å². The number of carbonyl (C=O) groups is 1. The molecule has 1 aromatic rings. The lowest BCUT2D eigenvalue weighted by molar-refractivity contribution is -0.165. The molecule has 92 valence electrons. The summed E-state index contributed by atoms with van der Waals surface area (Å²) >= 11 is 0. The third kappa shape index (κ3) is 3.82. The Labute approximate surface area is 95.9 Å². The average Bonchev–Trinajstić information content (AvgIpc) is 2.28. The predicted octanol–water partition coefficient (Wildman–Crippen LogP) is 2.75. The van der Waals surface area contributed by atoms with Crippen LogP contribution in [-0.2, 0) is 4.79 Å². The molecule has 0 bridgehead atoms. The van der Waals surface area contributed by atoms with Crippen molar-refractivity contribution in [3.8, 4) is 5.75 Å². The number of allylic oxidation sites excluding steroid dienone is 1. The molecular formula is C11H10F3NO2. The molecule has 0 radical (unpaired) electrons. The van der Waals surface area contributed by atoms with Crippen molar-refractivity contribution in [2.75, 3.05) is 12.4 Å². The summed E-state index contributed by atoms with van der Waals surface area (Å²) in [6.07, 6.45) is -3.50. The molecule has 1 aromatic carbocycles. The zero-order valence-corrected chi connectivity index (χ0v) is 8.91. The minimum absolute atomic E-state index is 0.423. The van der Waals surface area contributed by atoms with Crippen LogP contribution in [0.25, 0.3) is 0 Å². The molecule has 0 heterocycles. The summed E-state index contributed by atoms with van der Waals surface area (Å²) in [5, 5.41) is 2.54. The summed E-state index contributed by atoms with van der Waals surface area (Å²) in [4.78, 5) is 10.5. The standard InChI is InChI=1S/C11H10F3NO2/c1-17-9-5-3-2-4-8(9)15-7-6-10(16)11(12,13)14/h2-7,15H,1H3/b7-6+. The van der Waals surface area contributed by atoms with Gasteiger partial charge in [-0.25, -0.2) is 0 Å². The molecule has 0 aliphatic carbocycles. The minimum atomic E-state index is -4.85. The highest BCUT2D eigenvalue weighted by Gasteiger charge is 2.35. The van der Waals surface area contributed by atoms with Gasteiger partial charge in [0.05, 0.1) is 12.8 Å². The Bertz CT molecular complexity index is 427. The normalized spacial score (nSPS) is 11.5. The minimum Gasteiger partial charge on any atom is -0.495 e. The van der Waals surface area contributed by atoms with Crippen LogP contribution in [0.1, 0.15) is 0 Å². The van der Waals surface area contributed by atoms with Crippen LogP contribution in [0.5, 0.6) is 5.75 Å². The third-order valence-electron chi connectivity index (χ3n) is 1.86. The van der Waals surface area contributed by atoms with E-state index in [9.17, 15) is 18.0 Å². The van der Waals surface area contributed by atoms with Gasteiger partial charge in [0.15, 0.2) is 0 Å². The zero-order chi connectivity index (χ0) is 12.9. The molecule has 17 heavy (non-hydrogen) atoms. The topological polar surface area (TPSA) is 38.3 Å². The second-order valence-corrected chi connectivity index (χ2v) is 3.04. The van der Waals surface area contributed by atoms with E-state index in [1.165, 1.54) is 7.11 Å². The molecule has 0 aliphatic heterocycles. The first-order valence-electron chi connectivity index (χ1n) is 4.62. The number of ketones is 1. The van der Waals surface area contributed by atoms with E-state index >= 15 is 0 Å². The largest absolute Gasteiger partial charge is 0.495 e. The Morgan fingerprint density at radius 2 is 2.00 bits per heavy atom. The van der Waals surface area contributed by atoms with Gasteiger partial charge in [0.1, 0.15) is 5.75 Å². The molecule has 0 aliphatic rings. The fourth-order valence-corrected chi connectivity index (χ4v) is 1.07. The number of halogens is 3. The van der Waals surface area contributed by atoms with E-state index in [0.717, 1.165) is 6.20 Å². The summed E-state index contributed by atoms with van der Waals surface area (Å²) in [7, 11) is 1.44. The van der Waals surface area contributed by atoms with E-state index in [-0.39, 0.29) is 0 Å². The Balaban J connectivity index is 2.68. The number of hydrogen-bond acceptors (Lipinski definition) is 3. The third-order valence-corrected chi connectivity index (χ3v) is 1.86. The van der Waals surface area contributed by atoms with E-state index < -0.39 is 12.0 Å². The molecular weight excluding hydrogens is 235 g/mol. The lowest BCUT2D eigenvalue weighted by Gasteiger charge is -2.07. The van der Waals surface area contributed by atoms with Gasteiger partial charge in [-0.3, -0.25) is 4.79 Å².